The normalized spacial score (nSPS) is 16.8. The highest BCUT2D eigenvalue weighted by Crippen LogP contribution is 2.19. The van der Waals surface area contributed by atoms with Gasteiger partial charge in [0.1, 0.15) is 12.1 Å². The van der Waals surface area contributed by atoms with Crippen molar-refractivity contribution in [1.29, 1.82) is 0 Å². The first kappa shape index (κ1) is 32.9. The number of aryl methyl sites for hydroxylation is 1. The predicted octanol–water partition coefficient (Wildman–Crippen LogP) is 1.36. The third-order valence-corrected chi connectivity index (χ3v) is 6.33. The van der Waals surface area contributed by atoms with Gasteiger partial charge in [-0.05, 0) is 45.1 Å². The van der Waals surface area contributed by atoms with Gasteiger partial charge >= 0.3 is 17.9 Å². The van der Waals surface area contributed by atoms with Crippen LogP contribution < -0.4 is 10.6 Å². The van der Waals surface area contributed by atoms with Crippen LogP contribution in [0, 0.1) is 5.92 Å². The minimum atomic E-state index is -1.06. The van der Waals surface area contributed by atoms with E-state index in [9.17, 15) is 29.1 Å². The van der Waals surface area contributed by atoms with Crippen molar-refractivity contribution in [3.63, 3.8) is 0 Å². The van der Waals surface area contributed by atoms with E-state index >= 15 is 0 Å². The van der Waals surface area contributed by atoms with Gasteiger partial charge in [-0.2, -0.15) is 12.6 Å². The summed E-state index contributed by atoms with van der Waals surface area (Å²) in [6.45, 7) is 5.81. The first-order valence-electron chi connectivity index (χ1n) is 12.6. The van der Waals surface area contributed by atoms with Crippen LogP contribution in [0.15, 0.2) is 30.3 Å². The maximum absolute atomic E-state index is 12.6. The summed E-state index contributed by atoms with van der Waals surface area (Å²) in [7, 11) is 0. The number of carboxylic acid groups (broad SMARTS) is 2. The van der Waals surface area contributed by atoms with E-state index in [1.165, 1.54) is 11.8 Å². The fraction of sp³-hybridized carbons (Fsp3) is 0.577. The summed E-state index contributed by atoms with van der Waals surface area (Å²) < 4.78 is 5.18. The van der Waals surface area contributed by atoms with E-state index in [2.05, 4.69) is 23.3 Å². The van der Waals surface area contributed by atoms with Gasteiger partial charge in [0.15, 0.2) is 0 Å². The van der Waals surface area contributed by atoms with Crippen molar-refractivity contribution in [3.8, 4) is 0 Å². The molecule has 0 aromatic heterocycles. The number of hydrogen-bond acceptors (Lipinski definition) is 8. The number of carboxylic acids is 2. The van der Waals surface area contributed by atoms with Crippen molar-refractivity contribution < 1.29 is 38.9 Å². The molecule has 1 heterocycles. The van der Waals surface area contributed by atoms with Crippen molar-refractivity contribution in [1.82, 2.24) is 15.5 Å². The van der Waals surface area contributed by atoms with Crippen molar-refractivity contribution in [2.45, 2.75) is 64.6 Å². The van der Waals surface area contributed by atoms with Crippen molar-refractivity contribution in [2.24, 2.45) is 5.92 Å². The molecule has 212 valence electrons. The van der Waals surface area contributed by atoms with Gasteiger partial charge in [-0.15, -0.1) is 0 Å². The first-order valence-corrected chi connectivity index (χ1v) is 13.2. The minimum absolute atomic E-state index is 0.106. The molecule has 1 aliphatic rings. The fourth-order valence-electron chi connectivity index (χ4n) is 3.92. The number of nitrogens with zero attached hydrogens (tertiary/aromatic N) is 1. The van der Waals surface area contributed by atoms with Crippen LogP contribution >= 0.6 is 12.6 Å². The Hall–Kier alpha value is -3.12. The summed E-state index contributed by atoms with van der Waals surface area (Å²) in [6, 6.07) is 7.71. The Bertz CT molecular complexity index is 930. The molecular weight excluding hydrogens is 514 g/mol. The summed E-state index contributed by atoms with van der Waals surface area (Å²) in [5.41, 5.74) is 1.14. The van der Waals surface area contributed by atoms with Crippen molar-refractivity contribution in [2.75, 3.05) is 25.4 Å². The van der Waals surface area contributed by atoms with E-state index in [1.807, 2.05) is 30.3 Å². The number of rotatable bonds is 13. The molecule has 1 aliphatic heterocycles. The quantitative estimate of drug-likeness (QED) is 0.179. The molecule has 12 heteroatoms. The van der Waals surface area contributed by atoms with Crippen molar-refractivity contribution in [3.05, 3.63) is 35.9 Å². The molecule has 0 bridgehead atoms. The second-order valence-corrected chi connectivity index (χ2v) is 9.27. The average molecular weight is 554 g/mol. The molecule has 4 N–H and O–H groups in total. The number of hydrogen-bond donors (Lipinski definition) is 5. The molecule has 0 saturated carbocycles. The zero-order chi connectivity index (χ0) is 28.7. The zero-order valence-electron chi connectivity index (χ0n) is 22.1. The van der Waals surface area contributed by atoms with Gasteiger partial charge < -0.3 is 30.5 Å². The standard InChI is InChI=1S/C21H30N2O5.C5H9NO3S/c1-3-28-21(27)17(12-11-16-8-5-4-6-9-16)14-22-15(2)19(24)23-13-7-10-18(23)20(25)26;1-3(7)6-4(2-10)5(8)9/h4-6,8-9,15,17-18,22H,3,7,10-14H2,1-2H3,(H,25,26);4,10H,2H2,1H3,(H,6,7)(H,8,9)/t15-,17+,18+;/m0./s1. The molecule has 1 aromatic rings. The zero-order valence-corrected chi connectivity index (χ0v) is 23.0. The monoisotopic (exact) mass is 553 g/mol. The van der Waals surface area contributed by atoms with Crippen LogP contribution in [0.2, 0.25) is 0 Å². The van der Waals surface area contributed by atoms with Gasteiger partial charge in [-0.1, -0.05) is 30.3 Å². The Labute approximate surface area is 228 Å². The maximum atomic E-state index is 12.6. The highest BCUT2D eigenvalue weighted by molar-refractivity contribution is 7.80. The molecular formula is C26H39N3O8S. The maximum Gasteiger partial charge on any atom is 0.327 e. The summed E-state index contributed by atoms with van der Waals surface area (Å²) in [5, 5.41) is 22.9. The molecule has 4 atom stereocenters. The van der Waals surface area contributed by atoms with E-state index in [1.54, 1.807) is 13.8 Å². The van der Waals surface area contributed by atoms with Crippen LogP contribution in [0.25, 0.3) is 0 Å². The Morgan fingerprint density at radius 2 is 1.82 bits per heavy atom. The SMILES string of the molecule is CC(=O)NC(CS)C(=O)O.CCOC(=O)[C@H](CCc1ccccc1)CN[C@@H](C)C(=O)N1CCC[C@@H]1C(=O)O. The number of carbonyl (C=O) groups is 5. The summed E-state index contributed by atoms with van der Waals surface area (Å²) in [5.74, 6) is -3.18. The number of likely N-dealkylation sites (tertiary alicyclic amines) is 1. The number of aliphatic carboxylic acids is 2. The Morgan fingerprint density at radius 3 is 2.32 bits per heavy atom. The van der Waals surface area contributed by atoms with Gasteiger partial charge in [-0.3, -0.25) is 14.4 Å². The fourth-order valence-corrected chi connectivity index (χ4v) is 4.17. The Kier molecular flexibility index (Phi) is 15.1. The van der Waals surface area contributed by atoms with Crippen molar-refractivity contribution >= 4 is 42.4 Å². The smallest absolute Gasteiger partial charge is 0.327 e. The lowest BCUT2D eigenvalue weighted by Gasteiger charge is -2.26. The van der Waals surface area contributed by atoms with Crippen LogP contribution in [0.5, 0.6) is 0 Å². The van der Waals surface area contributed by atoms with Gasteiger partial charge in [0.05, 0.1) is 18.6 Å². The Morgan fingerprint density at radius 1 is 1.16 bits per heavy atom. The second kappa shape index (κ2) is 17.4. The van der Waals surface area contributed by atoms with Crippen LogP contribution in [0.4, 0.5) is 0 Å². The van der Waals surface area contributed by atoms with Gasteiger partial charge in [-0.25, -0.2) is 9.59 Å². The van der Waals surface area contributed by atoms with Crippen LogP contribution in [-0.4, -0.2) is 88.4 Å². The second-order valence-electron chi connectivity index (χ2n) is 8.90. The molecule has 1 fully saturated rings. The molecule has 0 aliphatic carbocycles. The third kappa shape index (κ3) is 11.5. The first-order chi connectivity index (χ1) is 18.0. The average Bonchev–Trinajstić information content (AvgIpc) is 3.38. The number of amides is 2. The van der Waals surface area contributed by atoms with E-state index < -0.39 is 30.1 Å². The number of ether oxygens (including phenoxy) is 1. The Balaban J connectivity index is 0.000000612. The number of carbonyl (C=O) groups excluding carboxylic acids is 3. The molecule has 1 unspecified atom stereocenters. The molecule has 0 spiro atoms. The molecule has 2 rings (SSSR count). The van der Waals surface area contributed by atoms with Crippen LogP contribution in [0.3, 0.4) is 0 Å². The van der Waals surface area contributed by atoms with E-state index in [-0.39, 0.29) is 29.5 Å². The van der Waals surface area contributed by atoms with Crippen LogP contribution in [-0.2, 0) is 35.1 Å². The largest absolute Gasteiger partial charge is 0.480 e. The molecule has 0 radical (unpaired) electrons. The lowest BCUT2D eigenvalue weighted by molar-refractivity contribution is -0.149. The molecule has 1 aromatic carbocycles. The van der Waals surface area contributed by atoms with E-state index in [4.69, 9.17) is 9.84 Å². The highest BCUT2D eigenvalue weighted by Gasteiger charge is 2.36. The van der Waals surface area contributed by atoms with E-state index in [0.717, 1.165) is 12.0 Å². The molecule has 11 nitrogen and oxygen atoms in total. The van der Waals surface area contributed by atoms with Gasteiger partial charge in [0.25, 0.3) is 0 Å². The van der Waals surface area contributed by atoms with Crippen LogP contribution in [0.1, 0.15) is 45.6 Å². The lowest BCUT2D eigenvalue weighted by Crippen LogP contribution is -2.50. The summed E-state index contributed by atoms with van der Waals surface area (Å²) >= 11 is 3.73. The molecule has 2 amide bonds. The highest BCUT2D eigenvalue weighted by atomic mass is 32.1. The van der Waals surface area contributed by atoms with E-state index in [0.29, 0.717) is 39.0 Å². The molecule has 1 saturated heterocycles. The molecule has 38 heavy (non-hydrogen) atoms. The summed E-state index contributed by atoms with van der Waals surface area (Å²) in [6.07, 6.45) is 2.52. The summed E-state index contributed by atoms with van der Waals surface area (Å²) in [4.78, 5) is 58.2. The topological polar surface area (TPSA) is 162 Å². The van der Waals surface area contributed by atoms with Gasteiger partial charge in [0, 0.05) is 25.8 Å². The number of nitrogens with one attached hydrogen (secondary N) is 2. The number of esters is 1. The van der Waals surface area contributed by atoms with Gasteiger partial charge in [0.2, 0.25) is 11.8 Å². The third-order valence-electron chi connectivity index (χ3n) is 5.96. The number of benzene rings is 1. The number of thiol groups is 1. The lowest BCUT2D eigenvalue weighted by atomic mass is 9.99. The predicted molar refractivity (Wildman–Crippen MR) is 144 cm³/mol. The minimum Gasteiger partial charge on any atom is -0.480 e.